The van der Waals surface area contributed by atoms with Crippen molar-refractivity contribution in [1.82, 2.24) is 0 Å². The first-order chi connectivity index (χ1) is 35.1. The Morgan fingerprint density at radius 2 is 0.904 bits per heavy atom. The van der Waals surface area contributed by atoms with E-state index < -0.39 is 0 Å². The summed E-state index contributed by atoms with van der Waals surface area (Å²) in [6.45, 7) is 36.8. The van der Waals surface area contributed by atoms with Crippen LogP contribution in [0.3, 0.4) is 0 Å². The van der Waals surface area contributed by atoms with E-state index in [0.717, 1.165) is 66.8 Å². The highest BCUT2D eigenvalue weighted by atomic mass is 35.5. The van der Waals surface area contributed by atoms with Gasteiger partial charge in [-0.25, -0.2) is 0 Å². The maximum Gasteiger partial charge on any atom is 0.152 e. The first-order valence-corrected chi connectivity index (χ1v) is 26.5. The molecule has 0 bridgehead atoms. The van der Waals surface area contributed by atoms with Gasteiger partial charge in [0.2, 0.25) is 0 Å². The van der Waals surface area contributed by atoms with Crippen LogP contribution in [0.25, 0.3) is 54.8 Å². The van der Waals surface area contributed by atoms with Gasteiger partial charge >= 0.3 is 0 Å². The zero-order valence-electron chi connectivity index (χ0n) is 46.4. The van der Waals surface area contributed by atoms with E-state index in [1.165, 1.54) is 16.7 Å². The number of hydrogen-bond donors (Lipinski definition) is 0. The molecule has 0 aliphatic heterocycles. The highest BCUT2D eigenvalue weighted by Gasteiger charge is 2.16. The molecule has 0 amide bonds. The van der Waals surface area contributed by atoms with Crippen molar-refractivity contribution in [2.75, 3.05) is 0 Å². The average Bonchev–Trinajstić information content (AvgIpc) is 4.28. The van der Waals surface area contributed by atoms with Crippen LogP contribution < -0.4 is 0 Å². The normalized spacial score (nSPS) is 9.86. The standard InChI is InChI=1S/C12H13ClO.C11H11ClO.C10H9ClO.2C10H7NO.5C2H6/c1-12(2,3)9-6-8-4-5-14-11(8)10(13)7-9;1-7(2)9-5-8-3-4-13-11(8)10(12)6-9;1-2-7-5-8-3-4-12-10(8)9(11)6-7;1-7-4-8-2-3-12-10(8)5-9(7)6-11;1-7-4-8-2-3-12-10(8)9(5-7)6-11;5*1-2/h4-7H,1-3H3;3-7H,1-2H3;3-6H,2H2,1H3;2*2-5H,1H3;5*1-2H3. The molecular formula is C63H77Cl3N2O5. The van der Waals surface area contributed by atoms with Gasteiger partial charge in [-0.2, -0.15) is 10.5 Å². The third kappa shape index (κ3) is 18.6. The molecule has 0 N–H and O–H groups in total. The fourth-order valence-corrected chi connectivity index (χ4v) is 7.57. The van der Waals surface area contributed by atoms with Crippen LogP contribution >= 0.6 is 34.8 Å². The minimum atomic E-state index is 0.120. The Morgan fingerprint density at radius 1 is 0.479 bits per heavy atom. The van der Waals surface area contributed by atoms with Crippen LogP contribution in [0.5, 0.6) is 0 Å². The van der Waals surface area contributed by atoms with Crippen molar-refractivity contribution < 1.29 is 22.1 Å². The monoisotopic (exact) mass is 1050 g/mol. The quantitative estimate of drug-likeness (QED) is 0.169. The lowest BCUT2D eigenvalue weighted by molar-refractivity contribution is 0.589. The van der Waals surface area contributed by atoms with Crippen molar-refractivity contribution in [3.8, 4) is 12.1 Å². The van der Waals surface area contributed by atoms with Crippen LogP contribution in [0.2, 0.25) is 15.1 Å². The molecule has 0 atom stereocenters. The maximum atomic E-state index is 8.77. The second kappa shape index (κ2) is 33.4. The Kier molecular flexibility index (Phi) is 29.6. The molecule has 5 aromatic heterocycles. The Bertz CT molecular complexity index is 3230. The Balaban J connectivity index is 0.000000437. The molecule has 73 heavy (non-hydrogen) atoms. The van der Waals surface area contributed by atoms with Gasteiger partial charge in [0.05, 0.1) is 63.6 Å². The zero-order chi connectivity index (χ0) is 55.4. The van der Waals surface area contributed by atoms with Crippen LogP contribution in [0.4, 0.5) is 0 Å². The second-order valence-corrected chi connectivity index (χ2v) is 17.5. The summed E-state index contributed by atoms with van der Waals surface area (Å²) in [5.41, 5.74) is 11.0. The molecular weight excluding hydrogens is 971 g/mol. The fourth-order valence-electron chi connectivity index (χ4n) is 6.72. The highest BCUT2D eigenvalue weighted by Crippen LogP contribution is 2.33. The van der Waals surface area contributed by atoms with Crippen molar-refractivity contribution in [2.24, 2.45) is 0 Å². The van der Waals surface area contributed by atoms with Gasteiger partial charge in [-0.3, -0.25) is 0 Å². The Hall–Kier alpha value is -6.35. The maximum absolute atomic E-state index is 8.77. The number of benzene rings is 5. The molecule has 390 valence electrons. The van der Waals surface area contributed by atoms with Crippen LogP contribution in [0.1, 0.15) is 156 Å². The third-order valence-electron chi connectivity index (χ3n) is 10.3. The molecule has 0 saturated heterocycles. The smallest absolute Gasteiger partial charge is 0.152 e. The van der Waals surface area contributed by atoms with Crippen LogP contribution in [-0.4, -0.2) is 0 Å². The van der Waals surface area contributed by atoms with Gasteiger partial charge < -0.3 is 22.1 Å². The average molecular weight is 1050 g/mol. The van der Waals surface area contributed by atoms with Crippen molar-refractivity contribution in [1.29, 1.82) is 10.5 Å². The summed E-state index contributed by atoms with van der Waals surface area (Å²) in [6.07, 6.45) is 9.23. The molecule has 10 heteroatoms. The summed E-state index contributed by atoms with van der Waals surface area (Å²) in [5.74, 6) is 0.497. The second-order valence-electron chi connectivity index (χ2n) is 16.3. The molecule has 5 heterocycles. The van der Waals surface area contributed by atoms with Gasteiger partial charge in [-0.15, -0.1) is 0 Å². The van der Waals surface area contributed by atoms with Crippen molar-refractivity contribution in [3.05, 3.63) is 176 Å². The van der Waals surface area contributed by atoms with Gasteiger partial charge in [0.25, 0.3) is 0 Å². The lowest BCUT2D eigenvalue weighted by Crippen LogP contribution is -2.10. The van der Waals surface area contributed by atoms with Crippen molar-refractivity contribution in [3.63, 3.8) is 0 Å². The molecule has 0 radical (unpaired) electrons. The lowest BCUT2D eigenvalue weighted by Gasteiger charge is -2.19. The summed E-state index contributed by atoms with van der Waals surface area (Å²) in [4.78, 5) is 0. The summed E-state index contributed by atoms with van der Waals surface area (Å²) < 4.78 is 26.1. The van der Waals surface area contributed by atoms with Gasteiger partial charge in [0.1, 0.15) is 11.7 Å². The molecule has 0 fully saturated rings. The summed E-state index contributed by atoms with van der Waals surface area (Å²) in [7, 11) is 0. The molecule has 0 unspecified atom stereocenters. The van der Waals surface area contributed by atoms with E-state index in [1.807, 2.05) is 150 Å². The zero-order valence-corrected chi connectivity index (χ0v) is 48.7. The van der Waals surface area contributed by atoms with Crippen molar-refractivity contribution in [2.45, 2.75) is 142 Å². The van der Waals surface area contributed by atoms with Crippen LogP contribution in [0, 0.1) is 36.5 Å². The SMILES string of the molecule is CC.CC.CC.CC.CC.CC(C)(C)c1cc(Cl)c2occc2c1.CC(C)c1cc(Cl)c2occc2c1.CCc1cc(Cl)c2occc2c1.Cc1cc(C#N)c2occc2c1.Cc1cc2ccoc2cc1C#N. The number of nitriles is 2. The number of halogens is 3. The van der Waals surface area contributed by atoms with Crippen LogP contribution in [-0.2, 0) is 11.8 Å². The Morgan fingerprint density at radius 3 is 1.38 bits per heavy atom. The van der Waals surface area contributed by atoms with Gasteiger partial charge in [0.15, 0.2) is 22.3 Å². The number of nitrogens with zero attached hydrogens (tertiary/aromatic N) is 2. The van der Waals surface area contributed by atoms with Crippen LogP contribution in [0.15, 0.2) is 144 Å². The van der Waals surface area contributed by atoms with E-state index in [4.69, 9.17) is 67.4 Å². The predicted molar refractivity (Wildman–Crippen MR) is 314 cm³/mol. The molecule has 10 rings (SSSR count). The van der Waals surface area contributed by atoms with E-state index in [2.05, 4.69) is 71.9 Å². The van der Waals surface area contributed by atoms with E-state index in [0.29, 0.717) is 37.7 Å². The molecule has 0 aliphatic rings. The Labute approximate surface area is 450 Å². The van der Waals surface area contributed by atoms with E-state index >= 15 is 0 Å². The molecule has 10 aromatic rings. The first kappa shape index (κ1) is 64.7. The third-order valence-corrected chi connectivity index (χ3v) is 11.1. The number of furan rings is 5. The van der Waals surface area contributed by atoms with E-state index in [1.54, 1.807) is 37.4 Å². The molecule has 0 aliphatic carbocycles. The van der Waals surface area contributed by atoms with E-state index in [9.17, 15) is 0 Å². The van der Waals surface area contributed by atoms with Crippen molar-refractivity contribution >= 4 is 89.6 Å². The van der Waals surface area contributed by atoms with Gasteiger partial charge in [-0.1, -0.05) is 146 Å². The minimum absolute atomic E-state index is 0.120. The predicted octanol–water partition coefficient (Wildman–Crippen LogP) is 22.6. The number of rotatable bonds is 2. The number of aryl methyl sites for hydroxylation is 3. The minimum Gasteiger partial charge on any atom is -0.464 e. The number of hydrogen-bond acceptors (Lipinski definition) is 7. The summed E-state index contributed by atoms with van der Waals surface area (Å²) >= 11 is 18.2. The molecule has 0 spiro atoms. The summed E-state index contributed by atoms with van der Waals surface area (Å²) in [6, 6.07) is 33.6. The van der Waals surface area contributed by atoms with Gasteiger partial charge in [0, 0.05) is 26.9 Å². The molecule has 7 nitrogen and oxygen atoms in total. The molecule has 0 saturated carbocycles. The largest absolute Gasteiger partial charge is 0.464 e. The summed E-state index contributed by atoms with van der Waals surface area (Å²) in [5, 5.41) is 24.9. The first-order valence-electron chi connectivity index (χ1n) is 25.4. The molecule has 5 aromatic carbocycles. The fraction of sp³-hybridized carbons (Fsp3) is 0.333. The lowest BCUT2D eigenvalue weighted by atomic mass is 9.86. The number of fused-ring (bicyclic) bond motifs is 5. The van der Waals surface area contributed by atoms with E-state index in [-0.39, 0.29) is 5.41 Å². The topological polar surface area (TPSA) is 113 Å². The highest BCUT2D eigenvalue weighted by molar-refractivity contribution is 6.35. The van der Waals surface area contributed by atoms with Gasteiger partial charge in [-0.05, 0) is 150 Å².